The van der Waals surface area contributed by atoms with Crippen molar-refractivity contribution in [3.8, 4) is 5.75 Å². The average molecular weight is 313 g/mol. The van der Waals surface area contributed by atoms with E-state index >= 15 is 0 Å². The van der Waals surface area contributed by atoms with Gasteiger partial charge in [-0.1, -0.05) is 30.3 Å². The molecule has 0 saturated heterocycles. The topological polar surface area (TPSA) is 38.3 Å². The molecule has 1 aliphatic carbocycles. The zero-order valence-electron chi connectivity index (χ0n) is 13.1. The molecule has 0 bridgehead atoms. The molecular weight excluding hydrogens is 293 g/mol. The summed E-state index contributed by atoms with van der Waals surface area (Å²) in [5, 5.41) is 2.86. The van der Waals surface area contributed by atoms with E-state index in [-0.39, 0.29) is 23.6 Å². The maximum Gasteiger partial charge on any atom is 0.223 e. The standard InChI is InChI=1S/C19H20FNO2/c1-13-5-4-6-14(11-13)23-10-9-21-19(22)17-12-16(17)15-7-2-3-8-18(15)20/h2-8,11,16-17H,9-10,12H2,1H3,(H,21,22). The van der Waals surface area contributed by atoms with Gasteiger partial charge in [0, 0.05) is 5.92 Å². The zero-order chi connectivity index (χ0) is 16.2. The van der Waals surface area contributed by atoms with Crippen LogP contribution in [0.2, 0.25) is 0 Å². The van der Waals surface area contributed by atoms with Crippen molar-refractivity contribution in [1.82, 2.24) is 5.32 Å². The van der Waals surface area contributed by atoms with Crippen LogP contribution in [0.5, 0.6) is 5.75 Å². The van der Waals surface area contributed by atoms with E-state index in [0.717, 1.165) is 11.3 Å². The number of nitrogens with one attached hydrogen (secondary N) is 1. The third kappa shape index (κ3) is 3.89. The van der Waals surface area contributed by atoms with Gasteiger partial charge in [-0.05, 0) is 48.6 Å². The molecule has 2 atom stereocenters. The lowest BCUT2D eigenvalue weighted by Gasteiger charge is -2.08. The summed E-state index contributed by atoms with van der Waals surface area (Å²) in [4.78, 5) is 12.1. The molecule has 1 saturated carbocycles. The van der Waals surface area contributed by atoms with E-state index in [0.29, 0.717) is 25.1 Å². The van der Waals surface area contributed by atoms with Gasteiger partial charge >= 0.3 is 0 Å². The van der Waals surface area contributed by atoms with E-state index < -0.39 is 0 Å². The normalized spacial score (nSPS) is 19.2. The second-order valence-corrected chi connectivity index (χ2v) is 5.93. The van der Waals surface area contributed by atoms with Gasteiger partial charge in [-0.15, -0.1) is 0 Å². The van der Waals surface area contributed by atoms with Crippen molar-refractivity contribution in [2.75, 3.05) is 13.2 Å². The summed E-state index contributed by atoms with van der Waals surface area (Å²) in [7, 11) is 0. The molecule has 0 aliphatic heterocycles. The number of aryl methyl sites for hydroxylation is 1. The molecule has 0 heterocycles. The van der Waals surface area contributed by atoms with Crippen LogP contribution in [0.1, 0.15) is 23.5 Å². The van der Waals surface area contributed by atoms with Crippen molar-refractivity contribution in [1.29, 1.82) is 0 Å². The lowest BCUT2D eigenvalue weighted by Crippen LogP contribution is -2.29. The Labute approximate surface area is 135 Å². The molecule has 0 spiro atoms. The Hall–Kier alpha value is -2.36. The molecule has 0 radical (unpaired) electrons. The Morgan fingerprint density at radius 3 is 2.87 bits per heavy atom. The molecule has 2 aromatic rings. The number of hydrogen-bond donors (Lipinski definition) is 1. The molecule has 0 aromatic heterocycles. The fraction of sp³-hybridized carbons (Fsp3) is 0.316. The molecule has 2 unspecified atom stereocenters. The second-order valence-electron chi connectivity index (χ2n) is 5.93. The molecule has 3 nitrogen and oxygen atoms in total. The molecule has 1 aliphatic rings. The van der Waals surface area contributed by atoms with Crippen LogP contribution < -0.4 is 10.1 Å². The predicted octanol–water partition coefficient (Wildman–Crippen LogP) is 3.43. The average Bonchev–Trinajstić information content (AvgIpc) is 3.32. The number of carbonyl (C=O) groups is 1. The van der Waals surface area contributed by atoms with E-state index in [1.54, 1.807) is 18.2 Å². The highest BCUT2D eigenvalue weighted by Crippen LogP contribution is 2.48. The van der Waals surface area contributed by atoms with Gasteiger partial charge in [-0.2, -0.15) is 0 Å². The van der Waals surface area contributed by atoms with Gasteiger partial charge < -0.3 is 10.1 Å². The number of ether oxygens (including phenoxy) is 1. The Kier molecular flexibility index (Phi) is 4.60. The molecule has 3 rings (SSSR count). The molecular formula is C19H20FNO2. The first kappa shape index (κ1) is 15.5. The largest absolute Gasteiger partial charge is 0.492 e. The number of hydrogen-bond acceptors (Lipinski definition) is 2. The van der Waals surface area contributed by atoms with E-state index in [4.69, 9.17) is 4.74 Å². The highest BCUT2D eigenvalue weighted by atomic mass is 19.1. The van der Waals surface area contributed by atoms with Gasteiger partial charge in [0.15, 0.2) is 0 Å². The Morgan fingerprint density at radius 2 is 2.09 bits per heavy atom. The Balaban J connectivity index is 1.42. The van der Waals surface area contributed by atoms with Crippen molar-refractivity contribution >= 4 is 5.91 Å². The van der Waals surface area contributed by atoms with Gasteiger partial charge in [0.25, 0.3) is 0 Å². The van der Waals surface area contributed by atoms with Crippen molar-refractivity contribution < 1.29 is 13.9 Å². The smallest absolute Gasteiger partial charge is 0.223 e. The molecule has 1 N–H and O–H groups in total. The number of amides is 1. The van der Waals surface area contributed by atoms with Crippen LogP contribution in [0.3, 0.4) is 0 Å². The monoisotopic (exact) mass is 313 g/mol. The first-order valence-electron chi connectivity index (χ1n) is 7.87. The fourth-order valence-electron chi connectivity index (χ4n) is 2.78. The van der Waals surface area contributed by atoms with Gasteiger partial charge in [0.1, 0.15) is 18.2 Å². The Bertz CT molecular complexity index is 701. The fourth-order valence-corrected chi connectivity index (χ4v) is 2.78. The van der Waals surface area contributed by atoms with E-state index in [9.17, 15) is 9.18 Å². The maximum atomic E-state index is 13.7. The van der Waals surface area contributed by atoms with Gasteiger partial charge in [-0.3, -0.25) is 4.79 Å². The summed E-state index contributed by atoms with van der Waals surface area (Å²) in [6.07, 6.45) is 0.714. The van der Waals surface area contributed by atoms with Crippen molar-refractivity contribution in [3.05, 3.63) is 65.5 Å². The highest BCUT2D eigenvalue weighted by molar-refractivity contribution is 5.82. The van der Waals surface area contributed by atoms with Gasteiger partial charge in [0.05, 0.1) is 6.54 Å². The van der Waals surface area contributed by atoms with Crippen LogP contribution in [0.4, 0.5) is 4.39 Å². The summed E-state index contributed by atoms with van der Waals surface area (Å²) in [5.74, 6) is 0.441. The number of rotatable bonds is 6. The predicted molar refractivity (Wildman–Crippen MR) is 86.9 cm³/mol. The minimum Gasteiger partial charge on any atom is -0.492 e. The summed E-state index contributed by atoms with van der Waals surface area (Å²) < 4.78 is 19.3. The lowest BCUT2D eigenvalue weighted by atomic mass is 10.1. The first-order chi connectivity index (χ1) is 11.1. The zero-order valence-corrected chi connectivity index (χ0v) is 13.1. The molecule has 1 fully saturated rings. The summed E-state index contributed by atoms with van der Waals surface area (Å²) in [6.45, 7) is 2.88. The van der Waals surface area contributed by atoms with Crippen LogP contribution in [0.25, 0.3) is 0 Å². The SMILES string of the molecule is Cc1cccc(OCCNC(=O)C2CC2c2ccccc2F)c1. The maximum absolute atomic E-state index is 13.7. The minimum absolute atomic E-state index is 0.00823. The minimum atomic E-state index is -0.226. The van der Waals surface area contributed by atoms with Crippen LogP contribution in [0, 0.1) is 18.7 Å². The highest BCUT2D eigenvalue weighted by Gasteiger charge is 2.44. The molecule has 1 amide bonds. The third-order valence-corrected chi connectivity index (χ3v) is 4.09. The van der Waals surface area contributed by atoms with E-state index in [1.807, 2.05) is 31.2 Å². The van der Waals surface area contributed by atoms with Crippen molar-refractivity contribution in [2.45, 2.75) is 19.3 Å². The number of halogens is 1. The van der Waals surface area contributed by atoms with Crippen LogP contribution >= 0.6 is 0 Å². The molecule has 120 valence electrons. The van der Waals surface area contributed by atoms with Gasteiger partial charge in [0.2, 0.25) is 5.91 Å². The van der Waals surface area contributed by atoms with Crippen LogP contribution in [-0.2, 0) is 4.79 Å². The molecule has 23 heavy (non-hydrogen) atoms. The summed E-state index contributed by atoms with van der Waals surface area (Å²) in [6, 6.07) is 14.5. The summed E-state index contributed by atoms with van der Waals surface area (Å²) >= 11 is 0. The first-order valence-corrected chi connectivity index (χ1v) is 7.87. The number of benzene rings is 2. The molecule has 4 heteroatoms. The molecule has 2 aromatic carbocycles. The Morgan fingerprint density at radius 1 is 1.26 bits per heavy atom. The second kappa shape index (κ2) is 6.82. The van der Waals surface area contributed by atoms with Crippen LogP contribution in [-0.4, -0.2) is 19.1 Å². The van der Waals surface area contributed by atoms with Crippen molar-refractivity contribution in [2.24, 2.45) is 5.92 Å². The van der Waals surface area contributed by atoms with Gasteiger partial charge in [-0.25, -0.2) is 4.39 Å². The number of carbonyl (C=O) groups excluding carboxylic acids is 1. The van der Waals surface area contributed by atoms with Crippen LogP contribution in [0.15, 0.2) is 48.5 Å². The van der Waals surface area contributed by atoms with E-state index in [2.05, 4.69) is 5.32 Å². The van der Waals surface area contributed by atoms with Crippen molar-refractivity contribution in [3.63, 3.8) is 0 Å². The third-order valence-electron chi connectivity index (χ3n) is 4.09. The van der Waals surface area contributed by atoms with E-state index in [1.165, 1.54) is 6.07 Å². The summed E-state index contributed by atoms with van der Waals surface area (Å²) in [5.41, 5.74) is 1.78. The lowest BCUT2D eigenvalue weighted by molar-refractivity contribution is -0.122. The quantitative estimate of drug-likeness (QED) is 0.830.